The van der Waals surface area contributed by atoms with Gasteiger partial charge in [0, 0.05) is 25.2 Å². The zero-order valence-corrected chi connectivity index (χ0v) is 11.7. The molecule has 1 heterocycles. The van der Waals surface area contributed by atoms with E-state index in [9.17, 15) is 13.6 Å². The predicted molar refractivity (Wildman–Crippen MR) is 76.1 cm³/mol. The minimum Gasteiger partial charge on any atom is -0.335 e. The summed E-state index contributed by atoms with van der Waals surface area (Å²) in [7, 11) is 0. The predicted octanol–water partition coefficient (Wildman–Crippen LogP) is 2.71. The van der Waals surface area contributed by atoms with Crippen molar-refractivity contribution in [2.45, 2.75) is 37.8 Å². The van der Waals surface area contributed by atoms with Crippen molar-refractivity contribution in [3.8, 4) is 0 Å². The van der Waals surface area contributed by atoms with Gasteiger partial charge >= 0.3 is 6.03 Å². The van der Waals surface area contributed by atoms with Crippen molar-refractivity contribution in [1.29, 1.82) is 0 Å². The summed E-state index contributed by atoms with van der Waals surface area (Å²) in [5, 5.41) is 5.19. The standard InChI is InChI=1S/C15H19F2N3O/c16-12-2-1-3-13(14(12)17)19-15(21)18-10-6-8-20(9-7-10)11-4-5-11/h1-3,10-11H,4-9H2,(H2,18,19,21). The highest BCUT2D eigenvalue weighted by Crippen LogP contribution is 2.29. The number of anilines is 1. The van der Waals surface area contributed by atoms with Crippen molar-refractivity contribution in [1.82, 2.24) is 10.2 Å². The Kier molecular flexibility index (Phi) is 4.05. The van der Waals surface area contributed by atoms with Crippen LogP contribution in [-0.4, -0.2) is 36.1 Å². The Bertz CT molecular complexity index is 526. The Hall–Kier alpha value is -1.69. The largest absolute Gasteiger partial charge is 0.335 e. The SMILES string of the molecule is O=C(Nc1cccc(F)c1F)NC1CCN(C2CC2)CC1. The van der Waals surface area contributed by atoms with Gasteiger partial charge in [0.15, 0.2) is 11.6 Å². The molecule has 114 valence electrons. The molecule has 1 aliphatic heterocycles. The summed E-state index contributed by atoms with van der Waals surface area (Å²) in [6, 6.07) is 4.09. The number of nitrogens with one attached hydrogen (secondary N) is 2. The van der Waals surface area contributed by atoms with Crippen LogP contribution in [0.5, 0.6) is 0 Å². The summed E-state index contributed by atoms with van der Waals surface area (Å²) in [4.78, 5) is 14.3. The van der Waals surface area contributed by atoms with Crippen LogP contribution in [-0.2, 0) is 0 Å². The highest BCUT2D eigenvalue weighted by atomic mass is 19.2. The zero-order chi connectivity index (χ0) is 14.8. The van der Waals surface area contributed by atoms with Crippen LogP contribution in [0.15, 0.2) is 18.2 Å². The molecule has 0 bridgehead atoms. The van der Waals surface area contributed by atoms with Gasteiger partial charge in [0.2, 0.25) is 0 Å². The summed E-state index contributed by atoms with van der Waals surface area (Å²) < 4.78 is 26.5. The molecule has 3 rings (SSSR count). The van der Waals surface area contributed by atoms with Crippen LogP contribution in [0.4, 0.5) is 19.3 Å². The summed E-state index contributed by atoms with van der Waals surface area (Å²) in [6.45, 7) is 1.98. The molecule has 21 heavy (non-hydrogen) atoms. The van der Waals surface area contributed by atoms with Crippen LogP contribution in [0.25, 0.3) is 0 Å². The van der Waals surface area contributed by atoms with Gasteiger partial charge in [-0.25, -0.2) is 13.6 Å². The van der Waals surface area contributed by atoms with E-state index in [4.69, 9.17) is 0 Å². The van der Waals surface area contributed by atoms with Crippen molar-refractivity contribution in [3.63, 3.8) is 0 Å². The molecule has 0 atom stereocenters. The van der Waals surface area contributed by atoms with E-state index in [1.54, 1.807) is 0 Å². The fourth-order valence-electron chi connectivity index (χ4n) is 2.79. The number of nitrogens with zero attached hydrogens (tertiary/aromatic N) is 1. The summed E-state index contributed by atoms with van der Waals surface area (Å²) >= 11 is 0. The fourth-order valence-corrected chi connectivity index (χ4v) is 2.79. The van der Waals surface area contributed by atoms with Crippen LogP contribution < -0.4 is 10.6 Å². The van der Waals surface area contributed by atoms with Gasteiger partial charge in [-0.15, -0.1) is 0 Å². The van der Waals surface area contributed by atoms with Gasteiger partial charge in [-0.05, 0) is 37.8 Å². The molecule has 0 aromatic heterocycles. The van der Waals surface area contributed by atoms with E-state index < -0.39 is 17.7 Å². The van der Waals surface area contributed by atoms with Crippen molar-refractivity contribution in [3.05, 3.63) is 29.8 Å². The molecule has 2 fully saturated rings. The molecule has 1 aromatic carbocycles. The van der Waals surface area contributed by atoms with Gasteiger partial charge in [0.1, 0.15) is 0 Å². The van der Waals surface area contributed by atoms with Crippen LogP contribution >= 0.6 is 0 Å². The number of carbonyl (C=O) groups excluding carboxylic acids is 1. The number of benzene rings is 1. The van der Waals surface area contributed by atoms with E-state index >= 15 is 0 Å². The molecule has 4 nitrogen and oxygen atoms in total. The van der Waals surface area contributed by atoms with Crippen molar-refractivity contribution in [2.24, 2.45) is 0 Å². The molecule has 0 unspecified atom stereocenters. The monoisotopic (exact) mass is 295 g/mol. The number of hydrogen-bond acceptors (Lipinski definition) is 2. The van der Waals surface area contributed by atoms with Crippen molar-refractivity contribution in [2.75, 3.05) is 18.4 Å². The van der Waals surface area contributed by atoms with Crippen molar-refractivity contribution >= 4 is 11.7 Å². The van der Waals surface area contributed by atoms with Crippen molar-refractivity contribution < 1.29 is 13.6 Å². The third-order valence-electron chi connectivity index (χ3n) is 4.13. The lowest BCUT2D eigenvalue weighted by atomic mass is 10.1. The average Bonchev–Trinajstić information content (AvgIpc) is 3.29. The molecule has 0 spiro atoms. The minimum absolute atomic E-state index is 0.0941. The van der Waals surface area contributed by atoms with Crippen LogP contribution in [0, 0.1) is 11.6 Å². The highest BCUT2D eigenvalue weighted by Gasteiger charge is 2.32. The van der Waals surface area contributed by atoms with Gasteiger partial charge in [-0.3, -0.25) is 0 Å². The Morgan fingerprint density at radius 3 is 2.52 bits per heavy atom. The number of urea groups is 1. The smallest absolute Gasteiger partial charge is 0.319 e. The van der Waals surface area contributed by atoms with E-state index in [1.807, 2.05) is 0 Å². The average molecular weight is 295 g/mol. The number of likely N-dealkylation sites (tertiary alicyclic amines) is 1. The van der Waals surface area contributed by atoms with Gasteiger partial charge in [-0.1, -0.05) is 6.07 Å². The van der Waals surface area contributed by atoms with Crippen LogP contribution in [0.1, 0.15) is 25.7 Å². The molecule has 6 heteroatoms. The number of rotatable bonds is 3. The number of amides is 2. The lowest BCUT2D eigenvalue weighted by Gasteiger charge is -2.32. The number of piperidine rings is 1. The van der Waals surface area contributed by atoms with Crippen LogP contribution in [0.2, 0.25) is 0 Å². The third kappa shape index (κ3) is 3.50. The maximum atomic E-state index is 13.5. The molecule has 1 aromatic rings. The normalized spacial score (nSPS) is 20.3. The van der Waals surface area contributed by atoms with E-state index in [-0.39, 0.29) is 11.7 Å². The number of halogens is 2. The maximum absolute atomic E-state index is 13.5. The Labute approximate surface area is 122 Å². The second-order valence-electron chi connectivity index (χ2n) is 5.74. The van der Waals surface area contributed by atoms with Gasteiger partial charge < -0.3 is 15.5 Å². The molecule has 2 amide bonds. The van der Waals surface area contributed by atoms with Gasteiger partial charge in [0.25, 0.3) is 0 Å². The molecular formula is C15H19F2N3O. The second-order valence-corrected chi connectivity index (χ2v) is 5.74. The zero-order valence-electron chi connectivity index (χ0n) is 11.7. The summed E-state index contributed by atoms with van der Waals surface area (Å²) in [5.41, 5.74) is -0.136. The summed E-state index contributed by atoms with van der Waals surface area (Å²) in [5.74, 6) is -2.00. The lowest BCUT2D eigenvalue weighted by molar-refractivity contribution is 0.189. The number of hydrogen-bond donors (Lipinski definition) is 2. The van der Waals surface area contributed by atoms with E-state index in [2.05, 4.69) is 15.5 Å². The Balaban J connectivity index is 1.49. The van der Waals surface area contributed by atoms with Crippen LogP contribution in [0.3, 0.4) is 0 Å². The summed E-state index contributed by atoms with van der Waals surface area (Å²) in [6.07, 6.45) is 4.37. The second kappa shape index (κ2) is 5.97. The quantitative estimate of drug-likeness (QED) is 0.900. The number of carbonyl (C=O) groups is 1. The topological polar surface area (TPSA) is 44.4 Å². The molecule has 2 N–H and O–H groups in total. The lowest BCUT2D eigenvalue weighted by Crippen LogP contribution is -2.46. The van der Waals surface area contributed by atoms with Gasteiger partial charge in [-0.2, -0.15) is 0 Å². The Morgan fingerprint density at radius 2 is 1.86 bits per heavy atom. The van der Waals surface area contributed by atoms with E-state index in [1.165, 1.54) is 25.0 Å². The molecular weight excluding hydrogens is 276 g/mol. The first-order chi connectivity index (χ1) is 10.1. The highest BCUT2D eigenvalue weighted by molar-refractivity contribution is 5.89. The first kappa shape index (κ1) is 14.3. The molecule has 1 saturated heterocycles. The minimum atomic E-state index is -1.03. The first-order valence-electron chi connectivity index (χ1n) is 7.39. The van der Waals surface area contributed by atoms with E-state index in [0.29, 0.717) is 0 Å². The molecule has 1 saturated carbocycles. The fraction of sp³-hybridized carbons (Fsp3) is 0.533. The molecule has 0 radical (unpaired) electrons. The first-order valence-corrected chi connectivity index (χ1v) is 7.39. The molecule has 1 aliphatic carbocycles. The van der Waals surface area contributed by atoms with Gasteiger partial charge in [0.05, 0.1) is 5.69 Å². The maximum Gasteiger partial charge on any atom is 0.319 e. The van der Waals surface area contributed by atoms with E-state index in [0.717, 1.165) is 38.0 Å². The third-order valence-corrected chi connectivity index (χ3v) is 4.13. The Morgan fingerprint density at radius 1 is 1.14 bits per heavy atom. The molecule has 2 aliphatic rings.